The van der Waals surface area contributed by atoms with E-state index in [1.165, 1.54) is 0 Å². The van der Waals surface area contributed by atoms with Crippen LogP contribution in [0.25, 0.3) is 5.65 Å². The van der Waals surface area contributed by atoms with E-state index < -0.39 is 0 Å². The zero-order valence-electron chi connectivity index (χ0n) is 9.07. The first kappa shape index (κ1) is 11.1. The summed E-state index contributed by atoms with van der Waals surface area (Å²) in [5.41, 5.74) is 1.61. The summed E-state index contributed by atoms with van der Waals surface area (Å²) in [7, 11) is 0. The molecule has 0 atom stereocenters. The van der Waals surface area contributed by atoms with Gasteiger partial charge in [-0.25, -0.2) is 4.98 Å². The van der Waals surface area contributed by atoms with E-state index in [-0.39, 0.29) is 11.8 Å². The first-order chi connectivity index (χ1) is 7.58. The quantitative estimate of drug-likeness (QED) is 0.920. The van der Waals surface area contributed by atoms with Gasteiger partial charge in [0, 0.05) is 12.1 Å². The molecule has 0 bridgehead atoms. The van der Waals surface area contributed by atoms with Crippen LogP contribution in [-0.4, -0.2) is 15.3 Å². The minimum atomic E-state index is -0.0260. The van der Waals surface area contributed by atoms with Crippen molar-refractivity contribution in [3.63, 3.8) is 0 Å². The van der Waals surface area contributed by atoms with Crippen LogP contribution < -0.4 is 5.32 Å². The summed E-state index contributed by atoms with van der Waals surface area (Å²) in [5, 5.41) is 2.84. The van der Waals surface area contributed by atoms with Gasteiger partial charge >= 0.3 is 0 Å². The van der Waals surface area contributed by atoms with E-state index in [0.29, 0.717) is 0 Å². The molecule has 0 aromatic carbocycles. The molecule has 0 saturated carbocycles. The Kier molecular flexibility index (Phi) is 2.96. The Balaban J connectivity index is 2.32. The number of amides is 1. The Hall–Kier alpha value is -1.36. The Morgan fingerprint density at radius 1 is 1.50 bits per heavy atom. The van der Waals surface area contributed by atoms with Crippen LogP contribution in [0, 0.1) is 5.92 Å². The lowest BCUT2D eigenvalue weighted by Gasteiger charge is -2.08. The van der Waals surface area contributed by atoms with Gasteiger partial charge in [0.05, 0.1) is 11.9 Å². The maximum Gasteiger partial charge on any atom is 0.226 e. The second-order valence-corrected chi connectivity index (χ2v) is 4.68. The lowest BCUT2D eigenvalue weighted by molar-refractivity contribution is -0.118. The van der Waals surface area contributed by atoms with Crippen molar-refractivity contribution in [3.8, 4) is 0 Å². The van der Waals surface area contributed by atoms with E-state index in [1.807, 2.05) is 36.6 Å². The summed E-state index contributed by atoms with van der Waals surface area (Å²) in [6.45, 7) is 3.72. The highest BCUT2D eigenvalue weighted by Crippen LogP contribution is 2.17. The number of fused-ring (bicyclic) bond motifs is 1. The maximum absolute atomic E-state index is 11.5. The summed E-state index contributed by atoms with van der Waals surface area (Å²) in [5.74, 6) is -0.0162. The Bertz CT molecular complexity index is 533. The van der Waals surface area contributed by atoms with E-state index in [0.717, 1.165) is 15.9 Å². The third kappa shape index (κ3) is 2.09. The SMILES string of the molecule is CC(C)C(=O)Nc1ccc2ncc(Br)n2c1. The zero-order valence-corrected chi connectivity index (χ0v) is 10.7. The molecule has 4 nitrogen and oxygen atoms in total. The average molecular weight is 282 g/mol. The van der Waals surface area contributed by atoms with E-state index in [4.69, 9.17) is 0 Å². The monoisotopic (exact) mass is 281 g/mol. The number of rotatable bonds is 2. The molecular weight excluding hydrogens is 270 g/mol. The molecule has 2 heterocycles. The standard InChI is InChI=1S/C11H12BrN3O/c1-7(2)11(16)14-8-3-4-10-13-5-9(12)15(10)6-8/h3-7H,1-2H3,(H,14,16). The number of carbonyl (C=O) groups excluding carboxylic acids is 1. The molecule has 0 aliphatic carbocycles. The van der Waals surface area contributed by atoms with Crippen LogP contribution in [0.1, 0.15) is 13.8 Å². The van der Waals surface area contributed by atoms with Crippen LogP contribution >= 0.6 is 15.9 Å². The van der Waals surface area contributed by atoms with Gasteiger partial charge < -0.3 is 5.32 Å². The van der Waals surface area contributed by atoms with Crippen molar-refractivity contribution in [2.45, 2.75) is 13.8 Å². The smallest absolute Gasteiger partial charge is 0.226 e. The maximum atomic E-state index is 11.5. The van der Waals surface area contributed by atoms with Gasteiger partial charge in [-0.15, -0.1) is 0 Å². The Morgan fingerprint density at radius 3 is 2.94 bits per heavy atom. The van der Waals surface area contributed by atoms with Crippen molar-refractivity contribution in [2.75, 3.05) is 5.32 Å². The molecule has 1 amide bonds. The first-order valence-corrected chi connectivity index (χ1v) is 5.80. The fraction of sp³-hybridized carbons (Fsp3) is 0.273. The molecule has 5 heteroatoms. The fourth-order valence-electron chi connectivity index (χ4n) is 1.31. The molecule has 0 spiro atoms. The topological polar surface area (TPSA) is 46.4 Å². The lowest BCUT2D eigenvalue weighted by Crippen LogP contribution is -2.17. The van der Waals surface area contributed by atoms with E-state index in [9.17, 15) is 4.79 Å². The van der Waals surface area contributed by atoms with Gasteiger partial charge in [-0.3, -0.25) is 9.20 Å². The Labute approximate surface area is 102 Å². The summed E-state index contributed by atoms with van der Waals surface area (Å²) in [4.78, 5) is 15.7. The van der Waals surface area contributed by atoms with Crippen molar-refractivity contribution >= 4 is 33.2 Å². The number of imidazole rings is 1. The predicted octanol–water partition coefficient (Wildman–Crippen LogP) is 2.69. The second kappa shape index (κ2) is 4.25. The number of nitrogens with zero attached hydrogens (tertiary/aromatic N) is 2. The molecule has 2 aromatic rings. The fourth-order valence-corrected chi connectivity index (χ4v) is 1.70. The van der Waals surface area contributed by atoms with Gasteiger partial charge in [0.25, 0.3) is 0 Å². The van der Waals surface area contributed by atoms with Gasteiger partial charge in [-0.1, -0.05) is 13.8 Å². The van der Waals surface area contributed by atoms with E-state index in [2.05, 4.69) is 26.2 Å². The average Bonchev–Trinajstić information content (AvgIpc) is 2.60. The molecule has 0 unspecified atom stereocenters. The molecule has 1 N–H and O–H groups in total. The van der Waals surface area contributed by atoms with E-state index in [1.54, 1.807) is 6.20 Å². The highest BCUT2D eigenvalue weighted by Gasteiger charge is 2.08. The van der Waals surface area contributed by atoms with Crippen molar-refractivity contribution in [1.29, 1.82) is 0 Å². The number of pyridine rings is 1. The molecular formula is C11H12BrN3O. The zero-order chi connectivity index (χ0) is 11.7. The Morgan fingerprint density at radius 2 is 2.25 bits per heavy atom. The lowest BCUT2D eigenvalue weighted by atomic mass is 10.2. The van der Waals surface area contributed by atoms with Crippen molar-refractivity contribution in [2.24, 2.45) is 5.92 Å². The van der Waals surface area contributed by atoms with Crippen LogP contribution in [0.5, 0.6) is 0 Å². The van der Waals surface area contributed by atoms with E-state index >= 15 is 0 Å². The molecule has 0 saturated heterocycles. The summed E-state index contributed by atoms with van der Waals surface area (Å²) in [6, 6.07) is 3.70. The number of hydrogen-bond acceptors (Lipinski definition) is 2. The summed E-state index contributed by atoms with van der Waals surface area (Å²) >= 11 is 3.38. The van der Waals surface area contributed by atoms with Gasteiger partial charge in [-0.05, 0) is 28.1 Å². The van der Waals surface area contributed by atoms with Crippen molar-refractivity contribution in [3.05, 3.63) is 29.1 Å². The molecule has 0 aliphatic rings. The van der Waals surface area contributed by atoms with Crippen LogP contribution in [0.15, 0.2) is 29.1 Å². The van der Waals surface area contributed by atoms with Gasteiger partial charge in [-0.2, -0.15) is 0 Å². The highest BCUT2D eigenvalue weighted by molar-refractivity contribution is 9.10. The van der Waals surface area contributed by atoms with Crippen molar-refractivity contribution < 1.29 is 4.79 Å². The van der Waals surface area contributed by atoms with Gasteiger partial charge in [0.1, 0.15) is 10.3 Å². The molecule has 0 radical (unpaired) electrons. The normalized spacial score (nSPS) is 11.0. The molecule has 2 aromatic heterocycles. The molecule has 0 fully saturated rings. The first-order valence-electron chi connectivity index (χ1n) is 5.01. The third-order valence-corrected chi connectivity index (χ3v) is 2.84. The number of halogens is 1. The number of hydrogen-bond donors (Lipinski definition) is 1. The summed E-state index contributed by atoms with van der Waals surface area (Å²) in [6.07, 6.45) is 3.57. The highest BCUT2D eigenvalue weighted by atomic mass is 79.9. The van der Waals surface area contributed by atoms with Crippen molar-refractivity contribution in [1.82, 2.24) is 9.38 Å². The molecule has 16 heavy (non-hydrogen) atoms. The predicted molar refractivity (Wildman–Crippen MR) is 66.4 cm³/mol. The molecule has 84 valence electrons. The van der Waals surface area contributed by atoms with Crippen LogP contribution in [0.3, 0.4) is 0 Å². The van der Waals surface area contributed by atoms with Crippen LogP contribution in [0.2, 0.25) is 0 Å². The molecule has 0 aliphatic heterocycles. The second-order valence-electron chi connectivity index (χ2n) is 3.87. The van der Waals surface area contributed by atoms with Crippen LogP contribution in [-0.2, 0) is 4.79 Å². The number of carbonyl (C=O) groups is 1. The number of aromatic nitrogens is 2. The number of nitrogens with one attached hydrogen (secondary N) is 1. The summed E-state index contributed by atoms with van der Waals surface area (Å²) < 4.78 is 2.73. The molecule has 2 rings (SSSR count). The minimum absolute atomic E-state index is 0.00980. The third-order valence-electron chi connectivity index (χ3n) is 2.25. The number of anilines is 1. The largest absolute Gasteiger partial charge is 0.325 e. The van der Waals surface area contributed by atoms with Crippen LogP contribution in [0.4, 0.5) is 5.69 Å². The minimum Gasteiger partial charge on any atom is -0.325 e. The van der Waals surface area contributed by atoms with Gasteiger partial charge in [0.2, 0.25) is 5.91 Å². The van der Waals surface area contributed by atoms with Gasteiger partial charge in [0.15, 0.2) is 0 Å².